The lowest BCUT2D eigenvalue weighted by Crippen LogP contribution is -2.58. The van der Waals surface area contributed by atoms with Gasteiger partial charge in [0.05, 0.1) is 11.4 Å². The van der Waals surface area contributed by atoms with Crippen molar-refractivity contribution >= 4 is 33.8 Å². The van der Waals surface area contributed by atoms with Crippen LogP contribution in [-0.4, -0.2) is 78.3 Å². The predicted octanol–water partition coefficient (Wildman–Crippen LogP) is 4.76. The normalized spacial score (nSPS) is 28.4. The van der Waals surface area contributed by atoms with Crippen LogP contribution in [-0.2, 0) is 46.7 Å². The minimum absolute atomic E-state index is 0.0723. The molecule has 2 heterocycles. The van der Waals surface area contributed by atoms with Gasteiger partial charge in [-0.05, 0) is 94.4 Å². The smallest absolute Gasteiger partial charge is 0.408 e. The molecule has 2 aliphatic heterocycles. The van der Waals surface area contributed by atoms with Gasteiger partial charge in [-0.2, -0.15) is 0 Å². The van der Waals surface area contributed by atoms with Gasteiger partial charge in [0, 0.05) is 18.9 Å². The molecule has 12 nitrogen and oxygen atoms in total. The lowest BCUT2D eigenvalue weighted by atomic mass is 9.96. The van der Waals surface area contributed by atoms with E-state index in [0.717, 1.165) is 36.8 Å². The molecule has 0 spiro atoms. The zero-order valence-corrected chi connectivity index (χ0v) is 32.2. The third-order valence-electron chi connectivity index (χ3n) is 11.2. The highest BCUT2D eigenvalue weighted by atomic mass is 32.2. The van der Waals surface area contributed by atoms with Crippen molar-refractivity contribution in [1.29, 1.82) is 0 Å². The van der Waals surface area contributed by atoms with Crippen molar-refractivity contribution in [2.24, 2.45) is 5.92 Å². The molecule has 1 saturated heterocycles. The number of sulfonamides is 1. The summed E-state index contributed by atoms with van der Waals surface area (Å²) < 4.78 is 40.5. The Balaban J connectivity index is 1.21. The fourth-order valence-electron chi connectivity index (χ4n) is 8.12. The second kappa shape index (κ2) is 15.1. The van der Waals surface area contributed by atoms with Crippen LogP contribution in [0.15, 0.2) is 60.7 Å². The lowest BCUT2D eigenvalue weighted by molar-refractivity contribution is -0.141. The van der Waals surface area contributed by atoms with Gasteiger partial charge in [-0.1, -0.05) is 73.5 Å². The third-order valence-corrected chi connectivity index (χ3v) is 13.0. The number of carbonyl (C=O) groups excluding carboxylic acids is 4. The Kier molecular flexibility index (Phi) is 10.7. The third kappa shape index (κ3) is 8.36. The minimum Gasteiger partial charge on any atom is -0.444 e. The number of alkyl carbamates (subject to hydrolysis) is 1. The maximum absolute atomic E-state index is 14.6. The molecule has 2 aromatic carbocycles. The van der Waals surface area contributed by atoms with Gasteiger partial charge < -0.3 is 25.0 Å². The summed E-state index contributed by atoms with van der Waals surface area (Å²) >= 11 is 0. The summed E-state index contributed by atoms with van der Waals surface area (Å²) in [6, 6.07) is 14.3. The van der Waals surface area contributed by atoms with Gasteiger partial charge in [0.15, 0.2) is 0 Å². The van der Waals surface area contributed by atoms with Crippen molar-refractivity contribution in [3.63, 3.8) is 0 Å². The van der Waals surface area contributed by atoms with E-state index in [1.54, 1.807) is 20.8 Å². The van der Waals surface area contributed by atoms with Gasteiger partial charge in [0.1, 0.15) is 29.3 Å². The number of amides is 4. The van der Waals surface area contributed by atoms with Crippen LogP contribution in [0.3, 0.4) is 0 Å². The summed E-state index contributed by atoms with van der Waals surface area (Å²) in [6.45, 7) is 5.32. The van der Waals surface area contributed by atoms with Crippen LogP contribution in [0.2, 0.25) is 0 Å². The number of carbonyl (C=O) groups is 4. The molecular weight excluding hydrogens is 709 g/mol. The van der Waals surface area contributed by atoms with Gasteiger partial charge in [0.25, 0.3) is 5.91 Å². The maximum atomic E-state index is 14.6. The largest absolute Gasteiger partial charge is 0.444 e. The number of benzene rings is 2. The van der Waals surface area contributed by atoms with E-state index in [4.69, 9.17) is 9.47 Å². The van der Waals surface area contributed by atoms with Gasteiger partial charge in [-0.25, -0.2) is 13.2 Å². The molecular formula is C41H52N4O8S. The number of rotatable bonds is 6. The van der Waals surface area contributed by atoms with Gasteiger partial charge >= 0.3 is 6.09 Å². The summed E-state index contributed by atoms with van der Waals surface area (Å²) in [5, 5.41) is 5.11. The van der Waals surface area contributed by atoms with Crippen molar-refractivity contribution in [2.45, 2.75) is 132 Å². The van der Waals surface area contributed by atoms with E-state index in [1.807, 2.05) is 36.4 Å². The van der Waals surface area contributed by atoms with Crippen molar-refractivity contribution in [2.75, 3.05) is 6.54 Å². The van der Waals surface area contributed by atoms with Crippen LogP contribution < -0.4 is 15.4 Å². The molecule has 7 rings (SSSR count). The molecule has 2 aromatic rings. The molecule has 290 valence electrons. The molecule has 54 heavy (non-hydrogen) atoms. The number of nitrogens with one attached hydrogen (secondary N) is 3. The number of hydrogen-bond donors (Lipinski definition) is 3. The molecule has 3 aliphatic carbocycles. The molecule has 13 heteroatoms. The van der Waals surface area contributed by atoms with E-state index in [1.165, 1.54) is 16.0 Å². The second-order valence-electron chi connectivity index (χ2n) is 16.5. The number of hydrogen-bond acceptors (Lipinski definition) is 8. The van der Waals surface area contributed by atoms with Crippen LogP contribution in [0.25, 0.3) is 0 Å². The maximum Gasteiger partial charge on any atom is 0.408 e. The highest BCUT2D eigenvalue weighted by molar-refractivity contribution is 7.91. The van der Waals surface area contributed by atoms with E-state index < -0.39 is 80.4 Å². The van der Waals surface area contributed by atoms with Crippen molar-refractivity contribution < 1.29 is 37.1 Å². The second-order valence-corrected chi connectivity index (χ2v) is 18.5. The van der Waals surface area contributed by atoms with E-state index in [9.17, 15) is 27.6 Å². The monoisotopic (exact) mass is 760 g/mol. The van der Waals surface area contributed by atoms with Crippen molar-refractivity contribution in [3.8, 4) is 0 Å². The van der Waals surface area contributed by atoms with E-state index >= 15 is 0 Å². The fraction of sp³-hybridized carbons (Fsp3) is 0.561. The Morgan fingerprint density at radius 2 is 1.59 bits per heavy atom. The fourth-order valence-corrected chi connectivity index (χ4v) is 9.49. The van der Waals surface area contributed by atoms with Crippen LogP contribution in [0, 0.1) is 5.92 Å². The van der Waals surface area contributed by atoms with Crippen molar-refractivity contribution in [1.82, 2.24) is 20.3 Å². The SMILES string of the molecule is CC(C)(C)OC(=O)N[C@H]1CCCCC/C=C\[C@@H]2C[C@@]2(C(=O)NS(=O)(=O)C2CC2)NC(=O)[C@@H]2C[C@@H](OC3c4ccccc4CCc4ccccc43)CN2C1=O. The average Bonchev–Trinajstić information content (AvgIpc) is 4.04. The summed E-state index contributed by atoms with van der Waals surface area (Å²) in [5.74, 6) is -2.18. The zero-order valence-electron chi connectivity index (χ0n) is 31.3. The predicted molar refractivity (Wildman–Crippen MR) is 202 cm³/mol. The van der Waals surface area contributed by atoms with Gasteiger partial charge in [0.2, 0.25) is 21.8 Å². The molecule has 3 N–H and O–H groups in total. The number of aryl methyl sites for hydroxylation is 2. The number of nitrogens with zero attached hydrogens (tertiary/aromatic N) is 1. The topological polar surface area (TPSA) is 160 Å². The molecule has 0 radical (unpaired) electrons. The first-order chi connectivity index (χ1) is 25.7. The first-order valence-corrected chi connectivity index (χ1v) is 20.9. The Morgan fingerprint density at radius 1 is 0.926 bits per heavy atom. The van der Waals surface area contributed by atoms with Crippen LogP contribution >= 0.6 is 0 Å². The molecule has 5 aliphatic rings. The van der Waals surface area contributed by atoms with Crippen LogP contribution in [0.4, 0.5) is 4.79 Å². The Morgan fingerprint density at radius 3 is 2.24 bits per heavy atom. The van der Waals surface area contributed by atoms with Crippen LogP contribution in [0.1, 0.15) is 107 Å². The van der Waals surface area contributed by atoms with E-state index in [2.05, 4.69) is 39.6 Å². The molecule has 5 atom stereocenters. The minimum atomic E-state index is -3.88. The number of fused-ring (bicyclic) bond motifs is 4. The zero-order chi connectivity index (χ0) is 38.3. The first-order valence-electron chi connectivity index (χ1n) is 19.4. The average molecular weight is 761 g/mol. The molecule has 0 bridgehead atoms. The van der Waals surface area contributed by atoms with Crippen molar-refractivity contribution in [3.05, 3.63) is 82.9 Å². The Bertz CT molecular complexity index is 1870. The van der Waals surface area contributed by atoms with Crippen LogP contribution in [0.5, 0.6) is 0 Å². The molecule has 0 unspecified atom stereocenters. The summed E-state index contributed by atoms with van der Waals surface area (Å²) in [5.41, 5.74) is 2.14. The van der Waals surface area contributed by atoms with Gasteiger partial charge in [-0.15, -0.1) is 0 Å². The number of ether oxygens (including phenoxy) is 2. The summed E-state index contributed by atoms with van der Waals surface area (Å²) in [4.78, 5) is 57.5. The quantitative estimate of drug-likeness (QED) is 0.356. The Hall–Kier alpha value is -4.23. The number of allylic oxidation sites excluding steroid dienone is 1. The standard InChI is InChI=1S/C41H52N4O8S/c1-40(2,3)53-39(49)42-33-18-8-6-4-5-7-15-28-24-41(28,38(48)44-54(50,51)30-21-22-30)43-36(46)34-23-29(25-45(34)37(33)47)52-35-31-16-11-9-13-26(31)19-20-27-14-10-12-17-32(27)35/h7,9-17,28-30,33-35H,4-6,8,18-25H2,1-3H3,(H,42,49)(H,43,46)(H,44,48)/b15-7-/t28-,29-,33+,34+,41-/m1/s1. The highest BCUT2D eigenvalue weighted by Crippen LogP contribution is 2.46. The summed E-state index contributed by atoms with van der Waals surface area (Å²) in [7, 11) is -3.88. The Labute approximate surface area is 317 Å². The molecule has 0 aromatic heterocycles. The molecule has 2 saturated carbocycles. The van der Waals surface area contributed by atoms with Gasteiger partial charge in [-0.3, -0.25) is 19.1 Å². The van der Waals surface area contributed by atoms with E-state index in [0.29, 0.717) is 32.1 Å². The molecule has 4 amide bonds. The highest BCUT2D eigenvalue weighted by Gasteiger charge is 2.62. The van der Waals surface area contributed by atoms with E-state index in [-0.39, 0.29) is 19.4 Å². The lowest BCUT2D eigenvalue weighted by Gasteiger charge is -2.30. The molecule has 3 fully saturated rings. The first kappa shape index (κ1) is 38.1. The summed E-state index contributed by atoms with van der Waals surface area (Å²) in [6.07, 6.45) is 8.45.